The first-order chi connectivity index (χ1) is 21.6. The number of ketones is 1. The van der Waals surface area contributed by atoms with E-state index in [2.05, 4.69) is 11.4 Å². The van der Waals surface area contributed by atoms with Gasteiger partial charge in [-0.1, -0.05) is 48.5 Å². The van der Waals surface area contributed by atoms with Crippen molar-refractivity contribution in [3.05, 3.63) is 101 Å². The van der Waals surface area contributed by atoms with E-state index in [0.717, 1.165) is 21.9 Å². The second kappa shape index (κ2) is 13.2. The maximum absolute atomic E-state index is 13.4. The highest BCUT2D eigenvalue weighted by Crippen LogP contribution is 2.40. The highest BCUT2D eigenvalue weighted by molar-refractivity contribution is 6.10. The predicted octanol–water partition coefficient (Wildman–Crippen LogP) is 7.55. The van der Waals surface area contributed by atoms with Gasteiger partial charge >= 0.3 is 5.97 Å². The van der Waals surface area contributed by atoms with Gasteiger partial charge in [-0.2, -0.15) is 5.26 Å². The normalized spacial score (nSPS) is 17.6. The maximum atomic E-state index is 13.4. The minimum absolute atomic E-state index is 0.167. The summed E-state index contributed by atoms with van der Waals surface area (Å²) in [7, 11) is 1.42. The van der Waals surface area contributed by atoms with Gasteiger partial charge in [0.1, 0.15) is 24.2 Å². The molecule has 4 aromatic rings. The number of amides is 1. The van der Waals surface area contributed by atoms with E-state index in [9.17, 15) is 19.6 Å². The van der Waals surface area contributed by atoms with Crippen molar-refractivity contribution in [2.75, 3.05) is 12.4 Å². The number of methoxy groups -OCH3 is 1. The molecule has 0 radical (unpaired) electrons. The second-order valence-electron chi connectivity index (χ2n) is 11.8. The lowest BCUT2D eigenvalue weighted by Gasteiger charge is -2.35. The van der Waals surface area contributed by atoms with E-state index in [4.69, 9.17) is 14.2 Å². The molecule has 8 heteroatoms. The Morgan fingerprint density at radius 2 is 1.69 bits per heavy atom. The molecule has 0 bridgehead atoms. The number of rotatable bonds is 9. The summed E-state index contributed by atoms with van der Waals surface area (Å²) in [5.41, 5.74) is 2.36. The van der Waals surface area contributed by atoms with Crippen LogP contribution in [0.25, 0.3) is 10.8 Å². The first-order valence-electron chi connectivity index (χ1n) is 15.0. The fraction of sp³-hybridized carbons (Fsp3) is 0.297. The van der Waals surface area contributed by atoms with Crippen molar-refractivity contribution in [1.29, 1.82) is 5.26 Å². The van der Waals surface area contributed by atoms with Crippen molar-refractivity contribution < 1.29 is 28.6 Å². The van der Waals surface area contributed by atoms with Crippen LogP contribution >= 0.6 is 0 Å². The number of hydrogen-bond acceptors (Lipinski definition) is 7. The van der Waals surface area contributed by atoms with Crippen molar-refractivity contribution in [1.82, 2.24) is 0 Å². The minimum atomic E-state index is -0.657. The lowest BCUT2D eigenvalue weighted by atomic mass is 9.74. The summed E-state index contributed by atoms with van der Waals surface area (Å²) in [5.74, 6) is -0.455. The van der Waals surface area contributed by atoms with Gasteiger partial charge in [-0.25, -0.2) is 0 Å². The summed E-state index contributed by atoms with van der Waals surface area (Å²) < 4.78 is 17.5. The quantitative estimate of drug-likeness (QED) is 0.155. The summed E-state index contributed by atoms with van der Waals surface area (Å²) >= 11 is 0. The predicted molar refractivity (Wildman–Crippen MR) is 172 cm³/mol. The Balaban J connectivity index is 1.27. The number of ether oxygens (including phenoxy) is 3. The Labute approximate surface area is 262 Å². The first kappa shape index (κ1) is 31.3. The molecule has 0 aliphatic heterocycles. The SMILES string of the molecule is COc1cc(C#N)c(OC2CCC(C)(C(=O)OCc3cccc4ccccc34)CC2)cc1C(=O)Nc1cc(C)ccc1C(C)=O. The number of anilines is 1. The lowest BCUT2D eigenvalue weighted by molar-refractivity contribution is -0.159. The van der Waals surface area contributed by atoms with E-state index in [-0.39, 0.29) is 47.1 Å². The molecule has 1 aliphatic carbocycles. The van der Waals surface area contributed by atoms with E-state index in [1.54, 1.807) is 18.2 Å². The van der Waals surface area contributed by atoms with Gasteiger partial charge in [-0.3, -0.25) is 14.4 Å². The number of nitrogens with one attached hydrogen (secondary N) is 1. The van der Waals surface area contributed by atoms with E-state index in [1.165, 1.54) is 26.2 Å². The topological polar surface area (TPSA) is 115 Å². The van der Waals surface area contributed by atoms with E-state index in [1.807, 2.05) is 56.3 Å². The monoisotopic (exact) mass is 604 g/mol. The van der Waals surface area contributed by atoms with Gasteiger partial charge in [0.15, 0.2) is 5.78 Å². The fourth-order valence-corrected chi connectivity index (χ4v) is 5.82. The van der Waals surface area contributed by atoms with Gasteiger partial charge in [0, 0.05) is 11.6 Å². The minimum Gasteiger partial charge on any atom is -0.496 e. The van der Waals surface area contributed by atoms with Gasteiger partial charge in [0.2, 0.25) is 0 Å². The molecule has 1 saturated carbocycles. The number of aryl methyl sites for hydroxylation is 1. The molecular weight excluding hydrogens is 568 g/mol. The zero-order chi connectivity index (χ0) is 32.1. The van der Waals surface area contributed by atoms with Crippen LogP contribution in [0.15, 0.2) is 72.8 Å². The Morgan fingerprint density at radius 1 is 0.956 bits per heavy atom. The maximum Gasteiger partial charge on any atom is 0.312 e. The van der Waals surface area contributed by atoms with Crippen molar-refractivity contribution in [3.63, 3.8) is 0 Å². The standard InChI is InChI=1S/C37H36N2O6/c1-23-12-13-29(24(2)40)32(18-23)39-35(41)31-20-33(27(21-38)19-34(31)43-4)45-28-14-16-37(3,17-15-28)36(42)44-22-26-10-7-9-25-8-5-6-11-30(25)26/h5-13,18-20,28H,14-17,22H2,1-4H3,(H,39,41). The van der Waals surface area contributed by atoms with Crippen molar-refractivity contribution in [2.24, 2.45) is 5.41 Å². The van der Waals surface area contributed by atoms with Crippen molar-refractivity contribution >= 4 is 34.1 Å². The Morgan fingerprint density at radius 3 is 2.40 bits per heavy atom. The van der Waals surface area contributed by atoms with E-state index < -0.39 is 11.3 Å². The lowest BCUT2D eigenvalue weighted by Crippen LogP contribution is -2.37. The molecular formula is C37H36N2O6. The van der Waals surface area contributed by atoms with Gasteiger partial charge in [-0.15, -0.1) is 0 Å². The van der Waals surface area contributed by atoms with Crippen LogP contribution in [-0.2, 0) is 16.1 Å². The van der Waals surface area contributed by atoms with Crippen LogP contribution in [0, 0.1) is 23.7 Å². The molecule has 0 unspecified atom stereocenters. The summed E-state index contributed by atoms with van der Waals surface area (Å²) in [4.78, 5) is 38.8. The zero-order valence-corrected chi connectivity index (χ0v) is 25.9. The van der Waals surface area contributed by atoms with Gasteiger partial charge in [-0.05, 0) is 86.6 Å². The largest absolute Gasteiger partial charge is 0.496 e. The van der Waals surface area contributed by atoms with Gasteiger partial charge < -0.3 is 19.5 Å². The van der Waals surface area contributed by atoms with E-state index in [0.29, 0.717) is 36.9 Å². The molecule has 0 heterocycles. The number of fused-ring (bicyclic) bond motifs is 1. The molecule has 5 rings (SSSR count). The Bertz CT molecular complexity index is 1810. The van der Waals surface area contributed by atoms with Crippen molar-refractivity contribution in [2.45, 2.75) is 59.2 Å². The van der Waals surface area contributed by atoms with Crippen LogP contribution in [-0.4, -0.2) is 30.9 Å². The molecule has 0 spiro atoms. The molecule has 0 atom stereocenters. The van der Waals surface area contributed by atoms with Gasteiger partial charge in [0.25, 0.3) is 5.91 Å². The smallest absolute Gasteiger partial charge is 0.312 e. The van der Waals surface area contributed by atoms with Gasteiger partial charge in [0.05, 0.1) is 35.4 Å². The summed E-state index contributed by atoms with van der Waals surface area (Å²) in [5, 5.41) is 14.8. The molecule has 4 aromatic carbocycles. The molecule has 0 aromatic heterocycles. The summed E-state index contributed by atoms with van der Waals surface area (Å²) in [6, 6.07) is 24.3. The van der Waals surface area contributed by atoms with Crippen LogP contribution < -0.4 is 14.8 Å². The molecule has 1 N–H and O–H groups in total. The van der Waals surface area contributed by atoms with Crippen LogP contribution in [0.2, 0.25) is 0 Å². The number of esters is 1. The number of carbonyl (C=O) groups excluding carboxylic acids is 3. The molecule has 230 valence electrons. The first-order valence-corrected chi connectivity index (χ1v) is 15.0. The Hall–Kier alpha value is -5.16. The van der Waals surface area contributed by atoms with Crippen LogP contribution in [0.1, 0.15) is 76.9 Å². The number of nitrogens with zero attached hydrogens (tertiary/aromatic N) is 1. The average Bonchev–Trinajstić information content (AvgIpc) is 3.04. The highest BCUT2D eigenvalue weighted by atomic mass is 16.5. The van der Waals surface area contributed by atoms with Crippen LogP contribution in [0.5, 0.6) is 11.5 Å². The van der Waals surface area contributed by atoms with Crippen LogP contribution in [0.4, 0.5) is 5.69 Å². The zero-order valence-electron chi connectivity index (χ0n) is 25.9. The number of benzene rings is 4. The molecule has 45 heavy (non-hydrogen) atoms. The number of carbonyl (C=O) groups is 3. The molecule has 8 nitrogen and oxygen atoms in total. The summed E-state index contributed by atoms with van der Waals surface area (Å²) in [6.45, 7) is 5.43. The number of hydrogen-bond donors (Lipinski definition) is 1. The second-order valence-corrected chi connectivity index (χ2v) is 11.8. The molecule has 0 saturated heterocycles. The molecule has 1 aliphatic rings. The third kappa shape index (κ3) is 6.83. The molecule has 1 fully saturated rings. The number of nitriles is 1. The Kier molecular flexibility index (Phi) is 9.19. The highest BCUT2D eigenvalue weighted by Gasteiger charge is 2.40. The van der Waals surface area contributed by atoms with Crippen molar-refractivity contribution in [3.8, 4) is 17.6 Å². The number of Topliss-reactive ketones (excluding diaryl/α,β-unsaturated/α-hetero) is 1. The molecule has 1 amide bonds. The van der Waals surface area contributed by atoms with E-state index >= 15 is 0 Å². The third-order valence-electron chi connectivity index (χ3n) is 8.53. The fourth-order valence-electron chi connectivity index (χ4n) is 5.82. The summed E-state index contributed by atoms with van der Waals surface area (Å²) in [6.07, 6.45) is 1.99. The third-order valence-corrected chi connectivity index (χ3v) is 8.53. The average molecular weight is 605 g/mol. The van der Waals surface area contributed by atoms with Crippen LogP contribution in [0.3, 0.4) is 0 Å².